The quantitative estimate of drug-likeness (QED) is 0.0116. The van der Waals surface area contributed by atoms with Crippen LogP contribution in [0.4, 0.5) is 0 Å². The maximum absolute atomic E-state index is 13.7. The standard InChI is InChI=1S/C32H39NO8.C27H27NO5.C27H27NO4/c1-7-9-10-22(8-2)19-33-29(34)23-11-13-25(38-15-17-40-31(36)20(3)4)28-26(14-12-24(27(23)28)30(33)35)39-16-18-41-32(37)21(5)6;1-3-5-8-16(4-2)15-28-26(32)19-12-11-18(25(31)17-9-6-7-10-21(17)29)24-22(30)14-13-20(23(19)24)27(28)33;1-3-5-9-17(4-2)16-28-26(31)21-12-8-11-18-19(14-15-22(24(18)21)27(28)32)25(30)20-10-6-7-13-23(20)29/h11-14,22H,3,5,7-10,15-19H2,1-2,4,6H3;6-7,9-14,16,29-30H,3-5,8,15H2,1-2H3;6-8,10-15,17,29H,3-5,9,16H2,1-2H3. The molecule has 0 aliphatic carbocycles. The Labute approximate surface area is 617 Å². The van der Waals surface area contributed by atoms with Gasteiger partial charge in [-0.3, -0.25) is 53.1 Å². The van der Waals surface area contributed by atoms with Crippen LogP contribution in [0.15, 0.2) is 152 Å². The predicted octanol–water partition coefficient (Wildman–Crippen LogP) is 16.5. The zero-order valence-electron chi connectivity index (χ0n) is 61.6. The number of carbonyl (C=O) groups excluding carboxylic acids is 10. The molecule has 20 heteroatoms. The van der Waals surface area contributed by atoms with Crippen LogP contribution in [-0.2, 0) is 19.1 Å². The molecule has 0 aromatic heterocycles. The van der Waals surface area contributed by atoms with Crippen molar-refractivity contribution in [2.45, 2.75) is 132 Å². The Bertz CT molecular complexity index is 4630. The molecule has 3 heterocycles. The van der Waals surface area contributed by atoms with Gasteiger partial charge >= 0.3 is 11.9 Å². The van der Waals surface area contributed by atoms with Crippen LogP contribution < -0.4 is 9.47 Å². The van der Waals surface area contributed by atoms with Crippen LogP contribution in [0.1, 0.15) is 226 Å². The molecule has 106 heavy (non-hydrogen) atoms. The van der Waals surface area contributed by atoms with E-state index in [9.17, 15) is 63.3 Å². The first kappa shape index (κ1) is 78.8. The molecule has 3 N–H and O–H groups in total. The highest BCUT2D eigenvalue weighted by Gasteiger charge is 2.39. The van der Waals surface area contributed by atoms with Crippen molar-refractivity contribution in [1.82, 2.24) is 14.7 Å². The number of unbranched alkanes of at least 4 members (excludes halogenated alkanes) is 3. The zero-order chi connectivity index (χ0) is 76.6. The SMILES string of the molecule is C=C(C)C(=O)OCCOc1ccc2c3c(ccc(OCCOC(=O)C(=C)C)c13)C(=O)N(CC(CC)CCCC)C2=O.CCCCC(CC)CN1C(=O)c2ccc(O)c3c(C(=O)c4ccccc4O)ccc(c23)C1=O.CCCCC(CC)CN1C(=O)c2cccc3c(C(=O)c4ccccc4O)ccc(c23)C1=O. The largest absolute Gasteiger partial charge is 0.507 e. The first-order chi connectivity index (χ1) is 51.0. The van der Waals surface area contributed by atoms with Gasteiger partial charge in [-0.15, -0.1) is 0 Å². The molecule has 8 aromatic rings. The molecular weight excluding hydrogens is 1350 g/mol. The van der Waals surface area contributed by atoms with Gasteiger partial charge in [-0.1, -0.05) is 149 Å². The molecule has 554 valence electrons. The van der Waals surface area contributed by atoms with Crippen molar-refractivity contribution in [2.75, 3.05) is 46.1 Å². The molecule has 0 saturated carbocycles. The number of benzene rings is 8. The first-order valence-electron chi connectivity index (χ1n) is 36.5. The summed E-state index contributed by atoms with van der Waals surface area (Å²) in [5.41, 5.74) is 3.49. The van der Waals surface area contributed by atoms with Crippen molar-refractivity contribution >= 4 is 91.3 Å². The fraction of sp³-hybridized carbons (Fsp3) is 0.349. The number of phenols is 3. The van der Waals surface area contributed by atoms with E-state index >= 15 is 0 Å². The minimum Gasteiger partial charge on any atom is -0.507 e. The second-order valence-corrected chi connectivity index (χ2v) is 27.0. The lowest BCUT2D eigenvalue weighted by atomic mass is 9.87. The van der Waals surface area contributed by atoms with E-state index < -0.39 is 29.5 Å². The Morgan fingerprint density at radius 3 is 1.10 bits per heavy atom. The van der Waals surface area contributed by atoms with E-state index in [4.69, 9.17) is 18.9 Å². The molecule has 0 spiro atoms. The maximum Gasteiger partial charge on any atom is 0.333 e. The molecule has 3 aliphatic rings. The summed E-state index contributed by atoms with van der Waals surface area (Å²) >= 11 is 0. The molecule has 8 aromatic carbocycles. The number of rotatable bonds is 32. The number of nitrogens with zero attached hydrogens (tertiary/aromatic N) is 3. The van der Waals surface area contributed by atoms with Crippen molar-refractivity contribution in [3.63, 3.8) is 0 Å². The molecule has 3 aliphatic heterocycles. The molecule has 11 rings (SSSR count). The first-order valence-corrected chi connectivity index (χ1v) is 36.5. The number of ketones is 2. The Morgan fingerprint density at radius 2 is 0.717 bits per heavy atom. The molecule has 0 radical (unpaired) electrons. The maximum atomic E-state index is 13.7. The third-order valence-electron chi connectivity index (χ3n) is 19.7. The van der Waals surface area contributed by atoms with Gasteiger partial charge in [0.2, 0.25) is 0 Å². The van der Waals surface area contributed by atoms with Gasteiger partial charge in [0.1, 0.15) is 55.2 Å². The Kier molecular flexibility index (Phi) is 26.7. The molecule has 0 saturated heterocycles. The monoisotopic (exact) mass is 1440 g/mol. The lowest BCUT2D eigenvalue weighted by Gasteiger charge is -2.31. The van der Waals surface area contributed by atoms with E-state index in [1.165, 1.54) is 57.2 Å². The van der Waals surface area contributed by atoms with Crippen molar-refractivity contribution in [3.8, 4) is 28.7 Å². The lowest BCUT2D eigenvalue weighted by molar-refractivity contribution is -0.140. The molecule has 6 amide bonds. The molecule has 3 atom stereocenters. The van der Waals surface area contributed by atoms with Gasteiger partial charge in [0.05, 0.1) is 16.5 Å². The van der Waals surface area contributed by atoms with Crippen molar-refractivity contribution < 1.29 is 82.2 Å². The predicted molar refractivity (Wildman–Crippen MR) is 405 cm³/mol. The average Bonchev–Trinajstić information content (AvgIpc) is 0.743. The number of ether oxygens (including phenoxy) is 4. The fourth-order valence-corrected chi connectivity index (χ4v) is 13.6. The molecule has 0 bridgehead atoms. The average molecular weight is 1440 g/mol. The molecule has 20 nitrogen and oxygen atoms in total. The van der Waals surface area contributed by atoms with E-state index in [2.05, 4.69) is 54.7 Å². The number of esters is 2. The molecular formula is C86H93N3O17. The Morgan fingerprint density at radius 1 is 0.368 bits per heavy atom. The Hall–Kier alpha value is -11.3. The van der Waals surface area contributed by atoms with Gasteiger partial charge in [-0.05, 0) is 147 Å². The van der Waals surface area contributed by atoms with E-state index in [0.717, 1.165) is 77.0 Å². The van der Waals surface area contributed by atoms with Gasteiger partial charge in [-0.25, -0.2) is 9.59 Å². The van der Waals surface area contributed by atoms with E-state index in [1.807, 2.05) is 0 Å². The summed E-state index contributed by atoms with van der Waals surface area (Å²) in [6.45, 7) is 23.9. The van der Waals surface area contributed by atoms with Gasteiger partial charge in [0.15, 0.2) is 11.6 Å². The Balaban J connectivity index is 0.000000186. The van der Waals surface area contributed by atoms with E-state index in [1.54, 1.807) is 98.8 Å². The van der Waals surface area contributed by atoms with Crippen molar-refractivity contribution in [1.29, 1.82) is 0 Å². The van der Waals surface area contributed by atoms with Crippen LogP contribution in [0, 0.1) is 17.8 Å². The summed E-state index contributed by atoms with van der Waals surface area (Å²) in [7, 11) is 0. The van der Waals surface area contributed by atoms with Crippen LogP contribution in [0.3, 0.4) is 0 Å². The lowest BCUT2D eigenvalue weighted by Crippen LogP contribution is -2.43. The minimum atomic E-state index is -0.528. The number of hydrogen-bond donors (Lipinski definition) is 3. The number of hydrogen-bond acceptors (Lipinski definition) is 17. The smallest absolute Gasteiger partial charge is 0.333 e. The van der Waals surface area contributed by atoms with Crippen LogP contribution in [0.2, 0.25) is 0 Å². The number of carbonyl (C=O) groups is 10. The fourth-order valence-electron chi connectivity index (χ4n) is 13.6. The van der Waals surface area contributed by atoms with Gasteiger partial charge in [-0.2, -0.15) is 0 Å². The molecule has 3 unspecified atom stereocenters. The highest BCUT2D eigenvalue weighted by atomic mass is 16.6. The third-order valence-corrected chi connectivity index (χ3v) is 19.7. The number of imide groups is 3. The normalized spacial score (nSPS) is 13.7. The summed E-state index contributed by atoms with van der Waals surface area (Å²) in [6.07, 6.45) is 11.8. The van der Waals surface area contributed by atoms with Crippen LogP contribution in [0.25, 0.3) is 32.3 Å². The number of amides is 6. The van der Waals surface area contributed by atoms with Gasteiger partial charge in [0, 0.05) is 96.8 Å². The van der Waals surface area contributed by atoms with E-state index in [-0.39, 0.29) is 141 Å². The number of para-hydroxylation sites is 2. The topological polar surface area (TPSA) is 278 Å². The van der Waals surface area contributed by atoms with Gasteiger partial charge < -0.3 is 34.3 Å². The molecule has 0 fully saturated rings. The van der Waals surface area contributed by atoms with E-state index in [0.29, 0.717) is 80.5 Å². The van der Waals surface area contributed by atoms with Crippen LogP contribution in [0.5, 0.6) is 28.7 Å². The van der Waals surface area contributed by atoms with Gasteiger partial charge in [0.25, 0.3) is 35.4 Å². The second kappa shape index (κ2) is 35.9. The minimum absolute atomic E-state index is 0.0243. The summed E-state index contributed by atoms with van der Waals surface area (Å²) in [6, 6.07) is 33.5. The number of phenolic OH excluding ortho intramolecular Hbond substituents is 3. The van der Waals surface area contributed by atoms with Crippen LogP contribution >= 0.6 is 0 Å². The highest BCUT2D eigenvalue weighted by molar-refractivity contribution is 6.31. The summed E-state index contributed by atoms with van der Waals surface area (Å²) in [5.74, 6) is -3.15. The highest BCUT2D eigenvalue weighted by Crippen LogP contribution is 2.44. The second-order valence-electron chi connectivity index (χ2n) is 27.0. The zero-order valence-corrected chi connectivity index (χ0v) is 61.6. The summed E-state index contributed by atoms with van der Waals surface area (Å²) in [5, 5.41) is 33.3. The van der Waals surface area contributed by atoms with Crippen molar-refractivity contribution in [3.05, 3.63) is 207 Å². The number of aromatic hydroxyl groups is 3. The van der Waals surface area contributed by atoms with Crippen LogP contribution in [-0.4, -0.2) is 135 Å². The summed E-state index contributed by atoms with van der Waals surface area (Å²) in [4.78, 5) is 135. The van der Waals surface area contributed by atoms with Crippen molar-refractivity contribution in [2.24, 2.45) is 17.8 Å². The third kappa shape index (κ3) is 17.1. The summed E-state index contributed by atoms with van der Waals surface area (Å²) < 4.78 is 22.2.